The van der Waals surface area contributed by atoms with Gasteiger partial charge < -0.3 is 15.1 Å². The SMILES string of the molecule is O=C(Nc1ccc(NCc2ccco2)cc1)c1ccc(Cl)c(Cl)c1. The Balaban J connectivity index is 1.60. The zero-order valence-electron chi connectivity index (χ0n) is 12.6. The summed E-state index contributed by atoms with van der Waals surface area (Å²) in [7, 11) is 0. The topological polar surface area (TPSA) is 54.3 Å². The van der Waals surface area contributed by atoms with Gasteiger partial charge in [0, 0.05) is 16.9 Å². The van der Waals surface area contributed by atoms with Gasteiger partial charge >= 0.3 is 0 Å². The van der Waals surface area contributed by atoms with Crippen molar-refractivity contribution in [3.63, 3.8) is 0 Å². The van der Waals surface area contributed by atoms with E-state index >= 15 is 0 Å². The molecule has 0 spiro atoms. The maximum Gasteiger partial charge on any atom is 0.255 e. The number of hydrogen-bond acceptors (Lipinski definition) is 3. The number of anilines is 2. The van der Waals surface area contributed by atoms with Crippen LogP contribution in [0.3, 0.4) is 0 Å². The molecule has 24 heavy (non-hydrogen) atoms. The van der Waals surface area contributed by atoms with Gasteiger partial charge in [0.2, 0.25) is 0 Å². The Labute approximate surface area is 149 Å². The second-order valence-electron chi connectivity index (χ2n) is 5.09. The Morgan fingerprint density at radius 1 is 0.958 bits per heavy atom. The summed E-state index contributed by atoms with van der Waals surface area (Å²) in [5.74, 6) is 0.608. The number of amides is 1. The quantitative estimate of drug-likeness (QED) is 0.635. The molecule has 3 aromatic rings. The smallest absolute Gasteiger partial charge is 0.255 e. The van der Waals surface area contributed by atoms with Gasteiger partial charge in [-0.25, -0.2) is 0 Å². The molecule has 1 heterocycles. The molecule has 0 atom stereocenters. The highest BCUT2D eigenvalue weighted by atomic mass is 35.5. The van der Waals surface area contributed by atoms with Crippen molar-refractivity contribution >= 4 is 40.5 Å². The molecule has 4 nitrogen and oxygen atoms in total. The number of rotatable bonds is 5. The average Bonchev–Trinajstić information content (AvgIpc) is 3.10. The Bertz CT molecular complexity index is 831. The molecule has 0 unspecified atom stereocenters. The fraction of sp³-hybridized carbons (Fsp3) is 0.0556. The number of carbonyl (C=O) groups is 1. The van der Waals surface area contributed by atoms with E-state index in [-0.39, 0.29) is 5.91 Å². The maximum absolute atomic E-state index is 12.2. The van der Waals surface area contributed by atoms with Crippen LogP contribution in [-0.2, 0) is 6.54 Å². The van der Waals surface area contributed by atoms with Crippen molar-refractivity contribution in [1.82, 2.24) is 0 Å². The van der Waals surface area contributed by atoms with Crippen LogP contribution >= 0.6 is 23.2 Å². The van der Waals surface area contributed by atoms with Crippen LogP contribution in [0.2, 0.25) is 10.0 Å². The van der Waals surface area contributed by atoms with Gasteiger partial charge in [-0.2, -0.15) is 0 Å². The normalized spacial score (nSPS) is 10.4. The zero-order valence-corrected chi connectivity index (χ0v) is 14.1. The van der Waals surface area contributed by atoms with Crippen molar-refractivity contribution in [1.29, 1.82) is 0 Å². The fourth-order valence-electron chi connectivity index (χ4n) is 2.11. The summed E-state index contributed by atoms with van der Waals surface area (Å²) in [6.45, 7) is 0.599. The first-order valence-electron chi connectivity index (χ1n) is 7.24. The van der Waals surface area contributed by atoms with Gasteiger partial charge in [0.25, 0.3) is 5.91 Å². The lowest BCUT2D eigenvalue weighted by Crippen LogP contribution is -2.11. The predicted molar refractivity (Wildman–Crippen MR) is 96.9 cm³/mol. The lowest BCUT2D eigenvalue weighted by molar-refractivity contribution is 0.102. The molecule has 0 radical (unpaired) electrons. The van der Waals surface area contributed by atoms with Crippen molar-refractivity contribution in [2.75, 3.05) is 10.6 Å². The number of carbonyl (C=O) groups excluding carboxylic acids is 1. The minimum atomic E-state index is -0.245. The molecular formula is C18H14Cl2N2O2. The number of benzene rings is 2. The van der Waals surface area contributed by atoms with Gasteiger partial charge in [-0.3, -0.25) is 4.79 Å². The standard InChI is InChI=1S/C18H14Cl2N2O2/c19-16-8-3-12(10-17(16)20)18(23)22-14-6-4-13(5-7-14)21-11-15-2-1-9-24-15/h1-10,21H,11H2,(H,22,23). The largest absolute Gasteiger partial charge is 0.467 e. The van der Waals surface area contributed by atoms with Crippen LogP contribution in [0.4, 0.5) is 11.4 Å². The van der Waals surface area contributed by atoms with E-state index in [1.54, 1.807) is 24.5 Å². The lowest BCUT2D eigenvalue weighted by atomic mass is 10.2. The Morgan fingerprint density at radius 2 is 1.71 bits per heavy atom. The molecule has 3 rings (SSSR count). The van der Waals surface area contributed by atoms with Gasteiger partial charge in [0.05, 0.1) is 22.9 Å². The van der Waals surface area contributed by atoms with Crippen molar-refractivity contribution in [3.8, 4) is 0 Å². The van der Waals surface area contributed by atoms with E-state index in [0.29, 0.717) is 27.8 Å². The fourth-order valence-corrected chi connectivity index (χ4v) is 2.41. The summed E-state index contributed by atoms with van der Waals surface area (Å²) in [5, 5.41) is 6.81. The summed E-state index contributed by atoms with van der Waals surface area (Å²) in [6.07, 6.45) is 1.64. The van der Waals surface area contributed by atoms with Crippen molar-refractivity contribution in [3.05, 3.63) is 82.2 Å². The van der Waals surface area contributed by atoms with E-state index in [9.17, 15) is 4.79 Å². The highest BCUT2D eigenvalue weighted by molar-refractivity contribution is 6.42. The van der Waals surface area contributed by atoms with Crippen LogP contribution in [0.15, 0.2) is 65.3 Å². The molecule has 0 fully saturated rings. The van der Waals surface area contributed by atoms with Crippen molar-refractivity contribution in [2.45, 2.75) is 6.54 Å². The van der Waals surface area contributed by atoms with Crippen LogP contribution in [0, 0.1) is 0 Å². The number of halogens is 2. The molecule has 2 N–H and O–H groups in total. The first-order chi connectivity index (χ1) is 11.6. The summed E-state index contributed by atoms with van der Waals surface area (Å²) < 4.78 is 5.26. The van der Waals surface area contributed by atoms with E-state index < -0.39 is 0 Å². The molecule has 122 valence electrons. The summed E-state index contributed by atoms with van der Waals surface area (Å²) in [4.78, 5) is 12.2. The average molecular weight is 361 g/mol. The molecule has 0 aliphatic carbocycles. The zero-order chi connectivity index (χ0) is 16.9. The van der Waals surface area contributed by atoms with Crippen LogP contribution in [0.25, 0.3) is 0 Å². The second kappa shape index (κ2) is 7.43. The second-order valence-corrected chi connectivity index (χ2v) is 5.91. The molecule has 0 aliphatic rings. The van der Waals surface area contributed by atoms with Gasteiger partial charge in [-0.15, -0.1) is 0 Å². The van der Waals surface area contributed by atoms with Crippen molar-refractivity contribution in [2.24, 2.45) is 0 Å². The van der Waals surface area contributed by atoms with Crippen LogP contribution in [-0.4, -0.2) is 5.91 Å². The molecule has 0 saturated carbocycles. The molecule has 0 aliphatic heterocycles. The number of nitrogens with one attached hydrogen (secondary N) is 2. The van der Waals surface area contributed by atoms with Gasteiger partial charge in [-0.05, 0) is 54.6 Å². The predicted octanol–water partition coefficient (Wildman–Crippen LogP) is 5.45. The van der Waals surface area contributed by atoms with Crippen LogP contribution in [0.1, 0.15) is 16.1 Å². The lowest BCUT2D eigenvalue weighted by Gasteiger charge is -2.08. The van der Waals surface area contributed by atoms with Crippen LogP contribution < -0.4 is 10.6 Å². The molecule has 0 saturated heterocycles. The van der Waals surface area contributed by atoms with E-state index in [1.807, 2.05) is 36.4 Å². The minimum absolute atomic E-state index is 0.245. The molecule has 1 amide bonds. The maximum atomic E-state index is 12.2. The van der Waals surface area contributed by atoms with Crippen molar-refractivity contribution < 1.29 is 9.21 Å². The van der Waals surface area contributed by atoms with Gasteiger partial charge in [0.15, 0.2) is 0 Å². The number of furan rings is 1. The van der Waals surface area contributed by atoms with Gasteiger partial charge in [-0.1, -0.05) is 23.2 Å². The summed E-state index contributed by atoms with van der Waals surface area (Å²) in [5.41, 5.74) is 2.07. The highest BCUT2D eigenvalue weighted by Gasteiger charge is 2.08. The molecule has 6 heteroatoms. The minimum Gasteiger partial charge on any atom is -0.467 e. The first-order valence-corrected chi connectivity index (χ1v) is 8.00. The monoisotopic (exact) mass is 360 g/mol. The third kappa shape index (κ3) is 4.10. The van der Waals surface area contributed by atoms with E-state index in [2.05, 4.69) is 10.6 Å². The summed E-state index contributed by atoms with van der Waals surface area (Å²) in [6, 6.07) is 15.9. The van der Waals surface area contributed by atoms with Gasteiger partial charge in [0.1, 0.15) is 5.76 Å². The Kier molecular flexibility index (Phi) is 5.08. The van der Waals surface area contributed by atoms with E-state index in [1.165, 1.54) is 0 Å². The third-order valence-corrected chi connectivity index (χ3v) is 4.11. The molecular weight excluding hydrogens is 347 g/mol. The Hall–Kier alpha value is -2.43. The summed E-state index contributed by atoms with van der Waals surface area (Å²) >= 11 is 11.8. The van der Waals surface area contributed by atoms with Crippen LogP contribution in [0.5, 0.6) is 0 Å². The van der Waals surface area contributed by atoms with E-state index in [0.717, 1.165) is 11.4 Å². The molecule has 0 bridgehead atoms. The third-order valence-electron chi connectivity index (χ3n) is 3.37. The first kappa shape index (κ1) is 16.4. The molecule has 2 aromatic carbocycles. The Morgan fingerprint density at radius 3 is 2.38 bits per heavy atom. The highest BCUT2D eigenvalue weighted by Crippen LogP contribution is 2.23. The number of hydrogen-bond donors (Lipinski definition) is 2. The van der Waals surface area contributed by atoms with E-state index in [4.69, 9.17) is 27.6 Å². The molecule has 1 aromatic heterocycles.